The molecule has 0 saturated heterocycles. The lowest BCUT2D eigenvalue weighted by molar-refractivity contribution is 0.299. The van der Waals surface area contributed by atoms with Crippen LogP contribution in [0.5, 0.6) is 0 Å². The van der Waals surface area contributed by atoms with Gasteiger partial charge >= 0.3 is 0 Å². The molecule has 5 nitrogen and oxygen atoms in total. The molecule has 0 amide bonds. The topological polar surface area (TPSA) is 77.8 Å². The Hall–Kier alpha value is -1.89. The maximum atomic E-state index is 11.9. The zero-order valence-corrected chi connectivity index (χ0v) is 15.7. The predicted octanol–water partition coefficient (Wildman–Crippen LogP) is 3.11. The molecule has 0 aliphatic carbocycles. The number of hydrogen-bond donors (Lipinski definition) is 2. The Kier molecular flexibility index (Phi) is 6.21. The average Bonchev–Trinajstić information content (AvgIpc) is 2.53. The fraction of sp³-hybridized carbons (Fsp3) is 0.368. The Morgan fingerprint density at radius 3 is 2.36 bits per heavy atom. The molecular formula is C19H25NO4S. The second kappa shape index (κ2) is 7.99. The fourth-order valence-corrected chi connectivity index (χ4v) is 3.85. The first kappa shape index (κ1) is 19.4. The lowest BCUT2D eigenvalue weighted by atomic mass is 10.0. The van der Waals surface area contributed by atoms with Crippen LogP contribution < -0.4 is 4.90 Å². The second-order valence-electron chi connectivity index (χ2n) is 6.20. The van der Waals surface area contributed by atoms with Crippen molar-refractivity contribution >= 4 is 15.8 Å². The number of aliphatic hydroxyl groups is 1. The zero-order chi connectivity index (χ0) is 18.6. The minimum atomic E-state index is -4.35. The van der Waals surface area contributed by atoms with Crippen molar-refractivity contribution in [2.45, 2.75) is 38.6 Å². The van der Waals surface area contributed by atoms with Gasteiger partial charge in [-0.3, -0.25) is 4.55 Å². The quantitative estimate of drug-likeness (QED) is 0.739. The Balaban J connectivity index is 2.55. The van der Waals surface area contributed by atoms with Crippen molar-refractivity contribution in [1.82, 2.24) is 0 Å². The molecule has 0 aliphatic heterocycles. The Labute approximate surface area is 149 Å². The Morgan fingerprint density at radius 1 is 1.08 bits per heavy atom. The van der Waals surface area contributed by atoms with Gasteiger partial charge in [0.15, 0.2) is 0 Å². The molecular weight excluding hydrogens is 338 g/mol. The summed E-state index contributed by atoms with van der Waals surface area (Å²) in [6, 6.07) is 11.3. The molecule has 0 heterocycles. The number of anilines is 1. The van der Waals surface area contributed by atoms with Gasteiger partial charge < -0.3 is 10.0 Å². The molecule has 6 heteroatoms. The highest BCUT2D eigenvalue weighted by atomic mass is 32.2. The van der Waals surface area contributed by atoms with E-state index in [1.54, 1.807) is 6.92 Å². The second-order valence-corrected chi connectivity index (χ2v) is 7.59. The summed E-state index contributed by atoms with van der Waals surface area (Å²) in [5.41, 5.74) is 4.11. The van der Waals surface area contributed by atoms with Gasteiger partial charge in [0.1, 0.15) is 0 Å². The summed E-state index contributed by atoms with van der Waals surface area (Å²) in [5.74, 6) is 0. The largest absolute Gasteiger partial charge is 0.396 e. The molecule has 0 radical (unpaired) electrons. The van der Waals surface area contributed by atoms with Gasteiger partial charge in [-0.2, -0.15) is 8.42 Å². The van der Waals surface area contributed by atoms with Gasteiger partial charge in [0.05, 0.1) is 4.90 Å². The maximum Gasteiger partial charge on any atom is 0.294 e. The highest BCUT2D eigenvalue weighted by Gasteiger charge is 2.21. The van der Waals surface area contributed by atoms with E-state index >= 15 is 0 Å². The van der Waals surface area contributed by atoms with Crippen LogP contribution in [0.25, 0.3) is 0 Å². The van der Waals surface area contributed by atoms with E-state index in [1.165, 1.54) is 6.07 Å². The van der Waals surface area contributed by atoms with Gasteiger partial charge in [-0.1, -0.05) is 18.2 Å². The molecule has 0 aromatic heterocycles. The van der Waals surface area contributed by atoms with E-state index in [-0.39, 0.29) is 11.5 Å². The molecule has 0 spiro atoms. The van der Waals surface area contributed by atoms with Crippen molar-refractivity contribution in [1.29, 1.82) is 0 Å². The van der Waals surface area contributed by atoms with Crippen LogP contribution in [0.3, 0.4) is 0 Å². The zero-order valence-electron chi connectivity index (χ0n) is 14.9. The average molecular weight is 363 g/mol. The Morgan fingerprint density at radius 2 is 1.80 bits per heavy atom. The third kappa shape index (κ3) is 4.81. The van der Waals surface area contributed by atoms with E-state index in [0.29, 0.717) is 25.1 Å². The van der Waals surface area contributed by atoms with Gasteiger partial charge in [0.25, 0.3) is 10.1 Å². The van der Waals surface area contributed by atoms with E-state index in [0.717, 1.165) is 22.4 Å². The first-order chi connectivity index (χ1) is 11.8. The summed E-state index contributed by atoms with van der Waals surface area (Å²) in [6.45, 7) is 6.71. The molecule has 25 heavy (non-hydrogen) atoms. The normalized spacial score (nSPS) is 11.6. The third-order valence-electron chi connectivity index (χ3n) is 4.20. The van der Waals surface area contributed by atoms with Gasteiger partial charge in [0, 0.05) is 25.4 Å². The summed E-state index contributed by atoms with van der Waals surface area (Å²) in [4.78, 5) is 1.97. The smallest absolute Gasteiger partial charge is 0.294 e. The van der Waals surface area contributed by atoms with E-state index in [9.17, 15) is 18.1 Å². The molecule has 2 N–H and O–H groups in total. The first-order valence-electron chi connectivity index (χ1n) is 8.28. The summed E-state index contributed by atoms with van der Waals surface area (Å²) >= 11 is 0. The third-order valence-corrected chi connectivity index (χ3v) is 5.12. The highest BCUT2D eigenvalue weighted by molar-refractivity contribution is 7.85. The van der Waals surface area contributed by atoms with Crippen molar-refractivity contribution in [3.05, 3.63) is 58.7 Å². The van der Waals surface area contributed by atoms with Crippen LogP contribution in [0.15, 0.2) is 41.3 Å². The standard InChI is InChI=1S/C19H25NO4S/c1-4-20(17-7-5-6-14(2)11-17)13-18-16(8-9-21)10-15(3)12-19(18)25(22,23)24/h5-7,10-12,21H,4,8-9,13H2,1-3H3,(H,22,23,24). The molecule has 0 fully saturated rings. The van der Waals surface area contributed by atoms with Gasteiger partial charge in [0.2, 0.25) is 0 Å². The van der Waals surface area contributed by atoms with E-state index in [2.05, 4.69) is 0 Å². The van der Waals surface area contributed by atoms with Crippen LogP contribution >= 0.6 is 0 Å². The number of nitrogens with zero attached hydrogens (tertiary/aromatic N) is 1. The van der Waals surface area contributed by atoms with Crippen LogP contribution in [0, 0.1) is 13.8 Å². The number of rotatable bonds is 7. The van der Waals surface area contributed by atoms with Gasteiger partial charge in [-0.15, -0.1) is 0 Å². The van der Waals surface area contributed by atoms with Crippen LogP contribution in [-0.4, -0.2) is 31.2 Å². The van der Waals surface area contributed by atoms with E-state index in [1.807, 2.05) is 49.1 Å². The van der Waals surface area contributed by atoms with Gasteiger partial charge in [-0.25, -0.2) is 0 Å². The summed E-state index contributed by atoms with van der Waals surface area (Å²) < 4.78 is 33.5. The summed E-state index contributed by atoms with van der Waals surface area (Å²) in [7, 11) is -4.35. The first-order valence-corrected chi connectivity index (χ1v) is 9.72. The maximum absolute atomic E-state index is 11.9. The van der Waals surface area contributed by atoms with Crippen molar-refractivity contribution in [3.8, 4) is 0 Å². The predicted molar refractivity (Wildman–Crippen MR) is 99.7 cm³/mol. The lowest BCUT2D eigenvalue weighted by Gasteiger charge is -2.26. The highest BCUT2D eigenvalue weighted by Crippen LogP contribution is 2.27. The van der Waals surface area contributed by atoms with E-state index in [4.69, 9.17) is 0 Å². The fourth-order valence-electron chi connectivity index (χ4n) is 3.01. The molecule has 2 aromatic carbocycles. The molecule has 0 saturated carbocycles. The van der Waals surface area contributed by atoms with Crippen molar-refractivity contribution in [3.63, 3.8) is 0 Å². The SMILES string of the molecule is CCN(Cc1c(CCO)cc(C)cc1S(=O)(=O)O)c1cccc(C)c1. The molecule has 2 rings (SSSR count). The van der Waals surface area contributed by atoms with Crippen LogP contribution in [0.1, 0.15) is 29.2 Å². The Bertz CT molecular complexity index is 846. The van der Waals surface area contributed by atoms with Crippen molar-refractivity contribution in [2.75, 3.05) is 18.1 Å². The number of hydrogen-bond acceptors (Lipinski definition) is 4. The number of aryl methyl sites for hydroxylation is 2. The van der Waals surface area contributed by atoms with Gasteiger partial charge in [-0.05, 0) is 67.6 Å². The van der Waals surface area contributed by atoms with Crippen LogP contribution in [-0.2, 0) is 23.1 Å². The molecule has 0 aliphatic rings. The number of aliphatic hydroxyl groups excluding tert-OH is 1. The molecule has 0 unspecified atom stereocenters. The van der Waals surface area contributed by atoms with Crippen molar-refractivity contribution < 1.29 is 18.1 Å². The monoisotopic (exact) mass is 363 g/mol. The van der Waals surface area contributed by atoms with Crippen LogP contribution in [0.2, 0.25) is 0 Å². The number of benzene rings is 2. The molecule has 2 aromatic rings. The molecule has 136 valence electrons. The minimum absolute atomic E-state index is 0.0814. The summed E-state index contributed by atoms with van der Waals surface area (Å²) in [5, 5.41) is 9.35. The molecule has 0 bridgehead atoms. The van der Waals surface area contributed by atoms with Crippen molar-refractivity contribution in [2.24, 2.45) is 0 Å². The minimum Gasteiger partial charge on any atom is -0.396 e. The lowest BCUT2D eigenvalue weighted by Crippen LogP contribution is -2.24. The van der Waals surface area contributed by atoms with E-state index < -0.39 is 10.1 Å². The summed E-state index contributed by atoms with van der Waals surface area (Å²) in [6.07, 6.45) is 0.338. The van der Waals surface area contributed by atoms with Crippen LogP contribution in [0.4, 0.5) is 5.69 Å². The molecule has 0 atom stereocenters.